The molecule has 130 valence electrons. The van der Waals surface area contributed by atoms with Gasteiger partial charge in [0.25, 0.3) is 0 Å². The summed E-state index contributed by atoms with van der Waals surface area (Å²) in [6, 6.07) is 0. The third-order valence-corrected chi connectivity index (χ3v) is 2.32. The minimum absolute atomic E-state index is 0.360. The molecule has 0 atom stereocenters. The fourth-order valence-electron chi connectivity index (χ4n) is 1.55. The lowest BCUT2D eigenvalue weighted by molar-refractivity contribution is 0.0253. The highest BCUT2D eigenvalue weighted by atomic mass is 16.6. The Bertz CT molecular complexity index is 359. The van der Waals surface area contributed by atoms with Crippen molar-refractivity contribution in [3.05, 3.63) is 0 Å². The van der Waals surface area contributed by atoms with Crippen LogP contribution in [0, 0.1) is 0 Å². The maximum Gasteiger partial charge on any atom is 0.410 e. The number of rotatable bonds is 6. The number of alkyl carbamates (subject to hydrolysis) is 1. The molecule has 0 bridgehead atoms. The first kappa shape index (κ1) is 20.5. The Morgan fingerprint density at radius 2 is 1.55 bits per heavy atom. The van der Waals surface area contributed by atoms with Crippen LogP contribution < -0.4 is 11.1 Å². The predicted octanol–water partition coefficient (Wildman–Crippen LogP) is 2.10. The molecule has 0 radical (unpaired) electrons. The summed E-state index contributed by atoms with van der Waals surface area (Å²) in [6.45, 7) is 12.5. The molecule has 0 aliphatic rings. The summed E-state index contributed by atoms with van der Waals surface area (Å²) in [6.07, 6.45) is -0.260. The molecular weight excluding hydrogens is 286 g/mol. The molecule has 0 rings (SSSR count). The van der Waals surface area contributed by atoms with E-state index in [1.165, 1.54) is 0 Å². The normalized spacial score (nSPS) is 11.8. The standard InChI is InChI=1S/C15H31N3O4/c1-14(2,3)21-12(19)17-9-7-10-18(11-8-16)13(20)22-15(4,5)6/h7-11,16H2,1-6H3,(H,17,19). The van der Waals surface area contributed by atoms with Crippen LogP contribution in [0.1, 0.15) is 48.0 Å². The van der Waals surface area contributed by atoms with Gasteiger partial charge in [0.1, 0.15) is 11.2 Å². The summed E-state index contributed by atoms with van der Waals surface area (Å²) in [4.78, 5) is 25.0. The SMILES string of the molecule is CC(C)(C)OC(=O)NCCCN(CCN)C(=O)OC(C)(C)C. The number of carbonyl (C=O) groups is 2. The highest BCUT2D eigenvalue weighted by Gasteiger charge is 2.21. The smallest absolute Gasteiger partial charge is 0.410 e. The van der Waals surface area contributed by atoms with Crippen LogP contribution in [0.2, 0.25) is 0 Å². The van der Waals surface area contributed by atoms with E-state index in [4.69, 9.17) is 15.2 Å². The molecule has 22 heavy (non-hydrogen) atoms. The predicted molar refractivity (Wildman–Crippen MR) is 85.7 cm³/mol. The Morgan fingerprint density at radius 3 is 2.00 bits per heavy atom. The summed E-state index contributed by atoms with van der Waals surface area (Å²) in [5.74, 6) is 0. The molecule has 7 nitrogen and oxygen atoms in total. The van der Waals surface area contributed by atoms with Crippen molar-refractivity contribution in [2.75, 3.05) is 26.2 Å². The van der Waals surface area contributed by atoms with Crippen molar-refractivity contribution in [1.82, 2.24) is 10.2 Å². The van der Waals surface area contributed by atoms with Gasteiger partial charge in [-0.25, -0.2) is 9.59 Å². The Balaban J connectivity index is 4.16. The van der Waals surface area contributed by atoms with Crippen molar-refractivity contribution in [1.29, 1.82) is 0 Å². The molecule has 3 N–H and O–H groups in total. The van der Waals surface area contributed by atoms with Crippen LogP contribution >= 0.6 is 0 Å². The third kappa shape index (κ3) is 11.2. The van der Waals surface area contributed by atoms with Gasteiger partial charge in [0.15, 0.2) is 0 Å². The minimum atomic E-state index is -0.543. The Hall–Kier alpha value is -1.50. The second kappa shape index (κ2) is 8.82. The van der Waals surface area contributed by atoms with Gasteiger partial charge in [-0.1, -0.05) is 0 Å². The van der Waals surface area contributed by atoms with Gasteiger partial charge in [0.05, 0.1) is 0 Å². The zero-order valence-corrected chi connectivity index (χ0v) is 14.7. The van der Waals surface area contributed by atoms with E-state index >= 15 is 0 Å². The van der Waals surface area contributed by atoms with E-state index in [2.05, 4.69) is 5.32 Å². The monoisotopic (exact) mass is 317 g/mol. The van der Waals surface area contributed by atoms with Crippen molar-refractivity contribution in [3.63, 3.8) is 0 Å². The van der Waals surface area contributed by atoms with E-state index in [9.17, 15) is 9.59 Å². The molecule has 0 saturated heterocycles. The maximum atomic E-state index is 12.0. The van der Waals surface area contributed by atoms with Crippen molar-refractivity contribution >= 4 is 12.2 Å². The first-order valence-corrected chi connectivity index (χ1v) is 7.59. The van der Waals surface area contributed by atoms with Crippen LogP contribution in [0.25, 0.3) is 0 Å². The van der Waals surface area contributed by atoms with E-state index in [0.717, 1.165) is 0 Å². The average Bonchev–Trinajstić information content (AvgIpc) is 2.28. The molecule has 0 aliphatic carbocycles. The third-order valence-electron chi connectivity index (χ3n) is 2.32. The number of hydrogen-bond donors (Lipinski definition) is 2. The van der Waals surface area contributed by atoms with Gasteiger partial charge in [0, 0.05) is 26.2 Å². The quantitative estimate of drug-likeness (QED) is 0.732. The van der Waals surface area contributed by atoms with Crippen molar-refractivity contribution in [3.8, 4) is 0 Å². The molecular formula is C15H31N3O4. The van der Waals surface area contributed by atoms with Crippen LogP contribution in [0.15, 0.2) is 0 Å². The fraction of sp³-hybridized carbons (Fsp3) is 0.867. The van der Waals surface area contributed by atoms with Crippen molar-refractivity contribution in [2.45, 2.75) is 59.2 Å². The Morgan fingerprint density at radius 1 is 1.00 bits per heavy atom. The van der Waals surface area contributed by atoms with E-state index in [0.29, 0.717) is 32.6 Å². The minimum Gasteiger partial charge on any atom is -0.444 e. The molecule has 0 aromatic heterocycles. The molecule has 0 heterocycles. The number of nitrogens with zero attached hydrogens (tertiary/aromatic N) is 1. The van der Waals surface area contributed by atoms with Crippen LogP contribution in [0.5, 0.6) is 0 Å². The van der Waals surface area contributed by atoms with Crippen LogP contribution in [0.4, 0.5) is 9.59 Å². The lowest BCUT2D eigenvalue weighted by atomic mass is 10.2. The summed E-state index contributed by atoms with van der Waals surface area (Å²) in [7, 11) is 0. The van der Waals surface area contributed by atoms with Crippen molar-refractivity contribution < 1.29 is 19.1 Å². The summed E-state index contributed by atoms with van der Waals surface area (Å²) >= 11 is 0. The van der Waals surface area contributed by atoms with E-state index in [1.807, 2.05) is 20.8 Å². The lowest BCUT2D eigenvalue weighted by Gasteiger charge is -2.27. The number of carbonyl (C=O) groups excluding carboxylic acids is 2. The molecule has 0 unspecified atom stereocenters. The summed E-state index contributed by atoms with van der Waals surface area (Å²) in [5.41, 5.74) is 4.45. The van der Waals surface area contributed by atoms with E-state index < -0.39 is 23.4 Å². The first-order valence-electron chi connectivity index (χ1n) is 7.59. The maximum absolute atomic E-state index is 12.0. The van der Waals surface area contributed by atoms with Gasteiger partial charge >= 0.3 is 12.2 Å². The highest BCUT2D eigenvalue weighted by molar-refractivity contribution is 5.68. The topological polar surface area (TPSA) is 93.9 Å². The van der Waals surface area contributed by atoms with Gasteiger partial charge in [0.2, 0.25) is 0 Å². The van der Waals surface area contributed by atoms with Gasteiger partial charge in [-0.2, -0.15) is 0 Å². The Labute approximate surface area is 133 Å². The highest BCUT2D eigenvalue weighted by Crippen LogP contribution is 2.10. The molecule has 0 aliphatic heterocycles. The zero-order chi connectivity index (χ0) is 17.4. The molecule has 0 aromatic carbocycles. The van der Waals surface area contributed by atoms with Gasteiger partial charge in [-0.15, -0.1) is 0 Å². The zero-order valence-electron chi connectivity index (χ0n) is 14.7. The molecule has 2 amide bonds. The van der Waals surface area contributed by atoms with Gasteiger partial charge in [-0.05, 0) is 48.0 Å². The molecule has 0 fully saturated rings. The van der Waals surface area contributed by atoms with Gasteiger partial charge in [-0.3, -0.25) is 0 Å². The second-order valence-electron chi connectivity index (χ2n) is 7.04. The molecule has 0 aromatic rings. The first-order chi connectivity index (χ1) is 9.94. The number of nitrogens with two attached hydrogens (primary N) is 1. The second-order valence-corrected chi connectivity index (χ2v) is 7.04. The van der Waals surface area contributed by atoms with Crippen LogP contribution in [-0.4, -0.2) is 54.5 Å². The largest absolute Gasteiger partial charge is 0.444 e. The van der Waals surface area contributed by atoms with E-state index in [1.54, 1.807) is 25.7 Å². The van der Waals surface area contributed by atoms with Crippen molar-refractivity contribution in [2.24, 2.45) is 5.73 Å². The summed E-state index contributed by atoms with van der Waals surface area (Å²) < 4.78 is 10.4. The van der Waals surface area contributed by atoms with Crippen LogP contribution in [-0.2, 0) is 9.47 Å². The van der Waals surface area contributed by atoms with E-state index in [-0.39, 0.29) is 0 Å². The summed E-state index contributed by atoms with van der Waals surface area (Å²) in [5, 5.41) is 2.65. The number of ether oxygens (including phenoxy) is 2. The lowest BCUT2D eigenvalue weighted by Crippen LogP contribution is -2.41. The Kier molecular flexibility index (Phi) is 8.22. The molecule has 7 heteroatoms. The van der Waals surface area contributed by atoms with Crippen LogP contribution in [0.3, 0.4) is 0 Å². The average molecular weight is 317 g/mol. The molecule has 0 saturated carbocycles. The fourth-order valence-corrected chi connectivity index (χ4v) is 1.55. The number of nitrogens with one attached hydrogen (secondary N) is 1. The van der Waals surface area contributed by atoms with Gasteiger partial charge < -0.3 is 25.4 Å². The molecule has 0 spiro atoms. The number of amides is 2. The number of hydrogen-bond acceptors (Lipinski definition) is 5.